The van der Waals surface area contributed by atoms with Gasteiger partial charge in [0, 0.05) is 19.3 Å². The number of nitrogens with zero attached hydrogens (tertiary/aromatic N) is 2. The van der Waals surface area contributed by atoms with E-state index < -0.39 is 0 Å². The average molecular weight is 306 g/mol. The molecule has 2 aromatic carbocycles. The fraction of sp³-hybridized carbons (Fsp3) is 0.158. The Kier molecular flexibility index (Phi) is 4.52. The molecule has 0 saturated carbocycles. The Morgan fingerprint density at radius 1 is 1.09 bits per heavy atom. The average Bonchev–Trinajstić information content (AvgIpc) is 3.08. The van der Waals surface area contributed by atoms with E-state index in [4.69, 9.17) is 4.74 Å². The maximum atomic E-state index is 11.4. The molecule has 0 aliphatic heterocycles. The van der Waals surface area contributed by atoms with Crippen LogP contribution in [-0.2, 0) is 16.1 Å². The Labute approximate surface area is 135 Å². The van der Waals surface area contributed by atoms with Crippen LogP contribution in [0.5, 0.6) is 0 Å². The zero-order chi connectivity index (χ0) is 16.1. The van der Waals surface area contributed by atoms with Gasteiger partial charge in [0.25, 0.3) is 0 Å². The van der Waals surface area contributed by atoms with Crippen molar-refractivity contribution >= 4 is 5.97 Å². The molecule has 23 heavy (non-hydrogen) atoms. The van der Waals surface area contributed by atoms with E-state index in [0.29, 0.717) is 6.54 Å². The zero-order valence-electron chi connectivity index (χ0n) is 12.9. The molecule has 0 saturated heterocycles. The minimum Gasteiger partial charge on any atom is -0.456 e. The minimum absolute atomic E-state index is 0.290. The number of carbonyl (C=O) groups is 1. The summed E-state index contributed by atoms with van der Waals surface area (Å²) >= 11 is 0. The predicted molar refractivity (Wildman–Crippen MR) is 88.6 cm³/mol. The number of rotatable bonds is 5. The summed E-state index contributed by atoms with van der Waals surface area (Å²) in [5.74, 6) is -0.290. The summed E-state index contributed by atoms with van der Waals surface area (Å²) in [6.07, 6.45) is 4.96. The van der Waals surface area contributed by atoms with E-state index in [2.05, 4.69) is 29.2 Å². The van der Waals surface area contributed by atoms with Crippen molar-refractivity contribution in [2.45, 2.75) is 19.6 Å². The second kappa shape index (κ2) is 6.92. The number of hydrogen-bond acceptors (Lipinski definition) is 3. The summed E-state index contributed by atoms with van der Waals surface area (Å²) in [5.41, 5.74) is 3.27. The van der Waals surface area contributed by atoms with Crippen molar-refractivity contribution < 1.29 is 9.53 Å². The van der Waals surface area contributed by atoms with Crippen LogP contribution in [0.2, 0.25) is 0 Å². The molecule has 4 heteroatoms. The SMILES string of the molecule is CC(=O)OC(Cn1ccnc1)c1ccc(-c2ccccc2)cc1. The van der Waals surface area contributed by atoms with Gasteiger partial charge in [-0.3, -0.25) is 4.79 Å². The second-order valence-electron chi connectivity index (χ2n) is 5.35. The van der Waals surface area contributed by atoms with Gasteiger partial charge in [0.05, 0.1) is 12.9 Å². The molecule has 0 radical (unpaired) electrons. The summed E-state index contributed by atoms with van der Waals surface area (Å²) in [7, 11) is 0. The quantitative estimate of drug-likeness (QED) is 0.672. The molecule has 3 rings (SSSR count). The fourth-order valence-corrected chi connectivity index (χ4v) is 2.52. The topological polar surface area (TPSA) is 44.1 Å². The third kappa shape index (κ3) is 3.86. The lowest BCUT2D eigenvalue weighted by Crippen LogP contribution is -2.14. The summed E-state index contributed by atoms with van der Waals surface area (Å²) in [6, 6.07) is 18.3. The Hall–Kier alpha value is -2.88. The van der Waals surface area contributed by atoms with Gasteiger partial charge in [-0.15, -0.1) is 0 Å². The Balaban J connectivity index is 1.83. The zero-order valence-corrected chi connectivity index (χ0v) is 12.9. The van der Waals surface area contributed by atoms with Crippen LogP contribution in [0.25, 0.3) is 11.1 Å². The molecule has 0 aliphatic rings. The van der Waals surface area contributed by atoms with Crippen LogP contribution in [0.1, 0.15) is 18.6 Å². The molecular formula is C19H18N2O2. The minimum atomic E-state index is -0.327. The first-order chi connectivity index (χ1) is 11.2. The van der Waals surface area contributed by atoms with Crippen molar-refractivity contribution in [3.8, 4) is 11.1 Å². The highest BCUT2D eigenvalue weighted by molar-refractivity contribution is 5.67. The molecule has 0 aliphatic carbocycles. The number of ether oxygens (including phenoxy) is 1. The molecule has 1 aromatic heterocycles. The molecular weight excluding hydrogens is 288 g/mol. The van der Waals surface area contributed by atoms with Crippen molar-refractivity contribution in [3.63, 3.8) is 0 Å². The standard InChI is InChI=1S/C19H18N2O2/c1-15(22)23-19(13-21-12-11-20-14-21)18-9-7-17(8-10-18)16-5-3-2-4-6-16/h2-12,14,19H,13H2,1H3. The van der Waals surface area contributed by atoms with Gasteiger partial charge in [0.15, 0.2) is 0 Å². The number of aromatic nitrogens is 2. The third-order valence-electron chi connectivity index (χ3n) is 3.63. The van der Waals surface area contributed by atoms with Crippen molar-refractivity contribution in [3.05, 3.63) is 78.9 Å². The maximum absolute atomic E-state index is 11.4. The Bertz CT molecular complexity index is 750. The molecule has 0 spiro atoms. The van der Waals surface area contributed by atoms with Crippen LogP contribution >= 0.6 is 0 Å². The smallest absolute Gasteiger partial charge is 0.303 e. The molecule has 3 aromatic rings. The molecule has 0 amide bonds. The van der Waals surface area contributed by atoms with Crippen LogP contribution in [0.3, 0.4) is 0 Å². The number of hydrogen-bond donors (Lipinski definition) is 0. The van der Waals surface area contributed by atoms with Crippen molar-refractivity contribution in [2.24, 2.45) is 0 Å². The first kappa shape index (κ1) is 15.0. The highest BCUT2D eigenvalue weighted by Gasteiger charge is 2.15. The normalized spacial score (nSPS) is 11.9. The van der Waals surface area contributed by atoms with Crippen LogP contribution in [-0.4, -0.2) is 15.5 Å². The number of carbonyl (C=O) groups excluding carboxylic acids is 1. The Morgan fingerprint density at radius 2 is 1.78 bits per heavy atom. The molecule has 1 atom stereocenters. The maximum Gasteiger partial charge on any atom is 0.303 e. The lowest BCUT2D eigenvalue weighted by Gasteiger charge is -2.18. The van der Waals surface area contributed by atoms with Crippen molar-refractivity contribution in [1.82, 2.24) is 9.55 Å². The first-order valence-electron chi connectivity index (χ1n) is 7.51. The van der Waals surface area contributed by atoms with Gasteiger partial charge < -0.3 is 9.30 Å². The fourth-order valence-electron chi connectivity index (χ4n) is 2.52. The number of imidazole rings is 1. The number of esters is 1. The van der Waals surface area contributed by atoms with Crippen LogP contribution < -0.4 is 0 Å². The van der Waals surface area contributed by atoms with Gasteiger partial charge in [-0.25, -0.2) is 4.98 Å². The van der Waals surface area contributed by atoms with Crippen LogP contribution in [0, 0.1) is 0 Å². The molecule has 116 valence electrons. The van der Waals surface area contributed by atoms with E-state index in [1.165, 1.54) is 6.92 Å². The van der Waals surface area contributed by atoms with Gasteiger partial charge in [0.1, 0.15) is 6.10 Å². The van der Waals surface area contributed by atoms with E-state index in [0.717, 1.165) is 16.7 Å². The lowest BCUT2D eigenvalue weighted by molar-refractivity contribution is -0.147. The van der Waals surface area contributed by atoms with E-state index in [9.17, 15) is 4.79 Å². The Morgan fingerprint density at radius 3 is 2.39 bits per heavy atom. The molecule has 0 fully saturated rings. The van der Waals surface area contributed by atoms with E-state index in [1.807, 2.05) is 41.1 Å². The summed E-state index contributed by atoms with van der Waals surface area (Å²) in [5, 5.41) is 0. The molecule has 1 unspecified atom stereocenters. The largest absolute Gasteiger partial charge is 0.456 e. The van der Waals surface area contributed by atoms with Crippen LogP contribution in [0.15, 0.2) is 73.3 Å². The lowest BCUT2D eigenvalue weighted by atomic mass is 10.0. The van der Waals surface area contributed by atoms with E-state index >= 15 is 0 Å². The number of benzene rings is 2. The first-order valence-corrected chi connectivity index (χ1v) is 7.51. The van der Waals surface area contributed by atoms with Gasteiger partial charge >= 0.3 is 5.97 Å². The highest BCUT2D eigenvalue weighted by atomic mass is 16.5. The van der Waals surface area contributed by atoms with Crippen molar-refractivity contribution in [1.29, 1.82) is 0 Å². The molecule has 0 N–H and O–H groups in total. The van der Waals surface area contributed by atoms with Crippen LogP contribution in [0.4, 0.5) is 0 Å². The molecule has 4 nitrogen and oxygen atoms in total. The van der Waals surface area contributed by atoms with Gasteiger partial charge in [-0.05, 0) is 16.7 Å². The third-order valence-corrected chi connectivity index (χ3v) is 3.63. The molecule has 1 heterocycles. The van der Waals surface area contributed by atoms with Crippen molar-refractivity contribution in [2.75, 3.05) is 0 Å². The summed E-state index contributed by atoms with van der Waals surface area (Å²) in [6.45, 7) is 1.98. The van der Waals surface area contributed by atoms with Gasteiger partial charge in [-0.1, -0.05) is 54.6 Å². The predicted octanol–water partition coefficient (Wildman–Crippen LogP) is 3.85. The van der Waals surface area contributed by atoms with E-state index in [-0.39, 0.29) is 12.1 Å². The monoisotopic (exact) mass is 306 g/mol. The van der Waals surface area contributed by atoms with Gasteiger partial charge in [0.2, 0.25) is 0 Å². The molecule has 0 bridgehead atoms. The van der Waals surface area contributed by atoms with Gasteiger partial charge in [-0.2, -0.15) is 0 Å². The second-order valence-corrected chi connectivity index (χ2v) is 5.35. The summed E-state index contributed by atoms with van der Waals surface area (Å²) in [4.78, 5) is 15.4. The highest BCUT2D eigenvalue weighted by Crippen LogP contribution is 2.24. The van der Waals surface area contributed by atoms with E-state index in [1.54, 1.807) is 12.5 Å². The summed E-state index contributed by atoms with van der Waals surface area (Å²) < 4.78 is 7.37.